The Labute approximate surface area is 123 Å². The van der Waals surface area contributed by atoms with Gasteiger partial charge in [-0.1, -0.05) is 13.8 Å². The topological polar surface area (TPSA) is 44.4 Å². The first-order valence-corrected chi connectivity index (χ1v) is 6.52. The predicted molar refractivity (Wildman–Crippen MR) is 80.9 cm³/mol. The highest BCUT2D eigenvalue weighted by Crippen LogP contribution is 2.17. The molecule has 1 aliphatic rings. The Balaban J connectivity index is 0. The van der Waals surface area contributed by atoms with Crippen molar-refractivity contribution in [3.63, 3.8) is 0 Å². The average Bonchev–Trinajstić information content (AvgIpc) is 2.73. The molecule has 1 unspecified atom stereocenters. The number of rotatable bonds is 7. The number of amides is 1. The largest absolute Gasteiger partial charge is 0.353 e. The number of halogens is 2. The molecule has 1 rings (SSSR count). The molecule has 1 heterocycles. The summed E-state index contributed by atoms with van der Waals surface area (Å²) in [6, 6.07) is 0.126. The van der Waals surface area contributed by atoms with Crippen LogP contribution in [0.2, 0.25) is 0 Å². The lowest BCUT2D eigenvalue weighted by Gasteiger charge is -2.22. The van der Waals surface area contributed by atoms with Crippen molar-refractivity contribution in [3.05, 3.63) is 0 Å². The van der Waals surface area contributed by atoms with Gasteiger partial charge >= 0.3 is 0 Å². The number of likely N-dealkylation sites (N-methyl/N-ethyl adjacent to an activating group) is 1. The zero-order valence-corrected chi connectivity index (χ0v) is 13.0. The van der Waals surface area contributed by atoms with Crippen LogP contribution < -0.4 is 10.6 Å². The third-order valence-electron chi connectivity index (χ3n) is 3.03. The molecule has 0 saturated carbocycles. The van der Waals surface area contributed by atoms with Crippen LogP contribution in [0.1, 0.15) is 33.1 Å². The van der Waals surface area contributed by atoms with Gasteiger partial charge in [0.15, 0.2) is 0 Å². The Morgan fingerprint density at radius 3 is 2.61 bits per heavy atom. The van der Waals surface area contributed by atoms with E-state index in [0.29, 0.717) is 0 Å². The van der Waals surface area contributed by atoms with E-state index >= 15 is 0 Å². The van der Waals surface area contributed by atoms with Crippen molar-refractivity contribution in [2.75, 3.05) is 32.7 Å². The van der Waals surface area contributed by atoms with Crippen molar-refractivity contribution in [2.24, 2.45) is 0 Å². The fraction of sp³-hybridized carbons (Fsp3) is 0.917. The fourth-order valence-corrected chi connectivity index (χ4v) is 2.25. The molecule has 0 radical (unpaired) electrons. The molecule has 1 aliphatic heterocycles. The SMILES string of the molecule is CCCN1CCCC1C(=O)NCCNCC.Cl.Cl. The summed E-state index contributed by atoms with van der Waals surface area (Å²) in [4.78, 5) is 14.2. The van der Waals surface area contributed by atoms with E-state index in [4.69, 9.17) is 0 Å². The maximum atomic E-state index is 11.9. The minimum Gasteiger partial charge on any atom is -0.353 e. The highest BCUT2D eigenvalue weighted by molar-refractivity contribution is 5.85. The van der Waals surface area contributed by atoms with Crippen LogP contribution in [0, 0.1) is 0 Å². The third kappa shape index (κ3) is 6.78. The van der Waals surface area contributed by atoms with E-state index in [9.17, 15) is 4.79 Å². The van der Waals surface area contributed by atoms with Crippen molar-refractivity contribution < 1.29 is 4.79 Å². The summed E-state index contributed by atoms with van der Waals surface area (Å²) >= 11 is 0. The Bertz CT molecular complexity index is 217. The van der Waals surface area contributed by atoms with Crippen molar-refractivity contribution in [3.8, 4) is 0 Å². The maximum Gasteiger partial charge on any atom is 0.237 e. The Hall–Kier alpha value is -0.0300. The van der Waals surface area contributed by atoms with Gasteiger partial charge in [0.05, 0.1) is 6.04 Å². The molecule has 0 aromatic rings. The Morgan fingerprint density at radius 2 is 2.00 bits per heavy atom. The number of hydrogen-bond acceptors (Lipinski definition) is 3. The zero-order valence-electron chi connectivity index (χ0n) is 11.4. The van der Waals surface area contributed by atoms with Crippen LogP contribution in [0.25, 0.3) is 0 Å². The van der Waals surface area contributed by atoms with Crippen LogP contribution in [0.5, 0.6) is 0 Å². The van der Waals surface area contributed by atoms with Gasteiger partial charge in [0.1, 0.15) is 0 Å². The second-order valence-electron chi connectivity index (χ2n) is 4.34. The third-order valence-corrected chi connectivity index (χ3v) is 3.03. The molecular formula is C12H27Cl2N3O. The fourth-order valence-electron chi connectivity index (χ4n) is 2.25. The smallest absolute Gasteiger partial charge is 0.237 e. The van der Waals surface area contributed by atoms with Crippen molar-refractivity contribution in [2.45, 2.75) is 39.2 Å². The summed E-state index contributed by atoms with van der Waals surface area (Å²) in [5.74, 6) is 0.212. The van der Waals surface area contributed by atoms with Crippen LogP contribution in [-0.4, -0.2) is 49.6 Å². The van der Waals surface area contributed by atoms with Crippen molar-refractivity contribution >= 4 is 30.7 Å². The van der Waals surface area contributed by atoms with Crippen molar-refractivity contribution in [1.82, 2.24) is 15.5 Å². The van der Waals surface area contributed by atoms with Gasteiger partial charge in [0.25, 0.3) is 0 Å². The molecule has 1 atom stereocenters. The number of likely N-dealkylation sites (tertiary alicyclic amines) is 1. The summed E-state index contributed by atoms with van der Waals surface area (Å²) < 4.78 is 0. The van der Waals surface area contributed by atoms with Gasteiger partial charge in [-0.2, -0.15) is 0 Å². The Kier molecular flexibility index (Phi) is 13.6. The summed E-state index contributed by atoms with van der Waals surface area (Å²) in [6.45, 7) is 8.93. The molecule has 0 aromatic heterocycles. The molecule has 1 saturated heterocycles. The van der Waals surface area contributed by atoms with Gasteiger partial charge < -0.3 is 10.6 Å². The first kappa shape index (κ1) is 20.3. The van der Waals surface area contributed by atoms with Crippen LogP contribution in [-0.2, 0) is 4.79 Å². The monoisotopic (exact) mass is 299 g/mol. The lowest BCUT2D eigenvalue weighted by molar-refractivity contribution is -0.125. The predicted octanol–water partition coefficient (Wildman–Crippen LogP) is 1.43. The molecule has 2 N–H and O–H groups in total. The van der Waals surface area contributed by atoms with Crippen LogP contribution in [0.4, 0.5) is 0 Å². The van der Waals surface area contributed by atoms with Crippen LogP contribution in [0.3, 0.4) is 0 Å². The van der Waals surface area contributed by atoms with Gasteiger partial charge in [-0.25, -0.2) is 0 Å². The molecule has 0 spiro atoms. The van der Waals surface area contributed by atoms with E-state index in [-0.39, 0.29) is 36.8 Å². The van der Waals surface area contributed by atoms with Crippen molar-refractivity contribution in [1.29, 1.82) is 0 Å². The minimum atomic E-state index is 0. The van der Waals surface area contributed by atoms with E-state index in [0.717, 1.165) is 52.0 Å². The summed E-state index contributed by atoms with van der Waals surface area (Å²) in [5.41, 5.74) is 0. The minimum absolute atomic E-state index is 0. The van der Waals surface area contributed by atoms with Crippen LogP contribution in [0.15, 0.2) is 0 Å². The van der Waals surface area contributed by atoms with E-state index in [1.165, 1.54) is 0 Å². The van der Waals surface area contributed by atoms with E-state index in [2.05, 4.69) is 29.4 Å². The maximum absolute atomic E-state index is 11.9. The molecule has 110 valence electrons. The molecule has 1 fully saturated rings. The first-order valence-electron chi connectivity index (χ1n) is 6.52. The van der Waals surface area contributed by atoms with Gasteiger partial charge in [0, 0.05) is 13.1 Å². The molecule has 0 bridgehead atoms. The van der Waals surface area contributed by atoms with Gasteiger partial charge in [-0.3, -0.25) is 9.69 Å². The lowest BCUT2D eigenvalue weighted by atomic mass is 10.2. The molecule has 18 heavy (non-hydrogen) atoms. The van der Waals surface area contributed by atoms with Gasteiger partial charge in [-0.05, 0) is 38.9 Å². The lowest BCUT2D eigenvalue weighted by Crippen LogP contribution is -2.45. The average molecular weight is 300 g/mol. The number of nitrogens with zero attached hydrogens (tertiary/aromatic N) is 1. The van der Waals surface area contributed by atoms with E-state index in [1.54, 1.807) is 0 Å². The zero-order chi connectivity index (χ0) is 11.8. The van der Waals surface area contributed by atoms with Crippen LogP contribution >= 0.6 is 24.8 Å². The Morgan fingerprint density at radius 1 is 1.28 bits per heavy atom. The number of carbonyl (C=O) groups is 1. The highest BCUT2D eigenvalue weighted by atomic mass is 35.5. The van der Waals surface area contributed by atoms with Gasteiger partial charge in [-0.15, -0.1) is 24.8 Å². The molecule has 0 aliphatic carbocycles. The summed E-state index contributed by atoms with van der Waals surface area (Å²) in [7, 11) is 0. The number of nitrogens with one attached hydrogen (secondary N) is 2. The molecule has 0 aromatic carbocycles. The molecule has 6 heteroatoms. The first-order chi connectivity index (χ1) is 7.79. The second kappa shape index (κ2) is 12.0. The molecular weight excluding hydrogens is 273 g/mol. The quantitative estimate of drug-likeness (QED) is 0.699. The highest BCUT2D eigenvalue weighted by Gasteiger charge is 2.29. The molecule has 1 amide bonds. The summed E-state index contributed by atoms with van der Waals surface area (Å²) in [6.07, 6.45) is 3.31. The van der Waals surface area contributed by atoms with E-state index < -0.39 is 0 Å². The number of carbonyl (C=O) groups excluding carboxylic acids is 1. The van der Waals surface area contributed by atoms with E-state index in [1.807, 2.05) is 0 Å². The normalized spacial score (nSPS) is 18.9. The van der Waals surface area contributed by atoms with Gasteiger partial charge in [0.2, 0.25) is 5.91 Å². The number of hydrogen-bond donors (Lipinski definition) is 2. The standard InChI is InChI=1S/C12H25N3O.2ClH/c1-3-9-15-10-5-6-11(15)12(16)14-8-7-13-4-2;;/h11,13H,3-10H2,1-2H3,(H,14,16);2*1H. The summed E-state index contributed by atoms with van der Waals surface area (Å²) in [5, 5.41) is 6.21. The molecule has 4 nitrogen and oxygen atoms in total. The second-order valence-corrected chi connectivity index (χ2v) is 4.34.